The summed E-state index contributed by atoms with van der Waals surface area (Å²) in [5.41, 5.74) is 6.30. The lowest BCUT2D eigenvalue weighted by molar-refractivity contribution is 0.230. The average Bonchev–Trinajstić information content (AvgIpc) is 2.03. The van der Waals surface area contributed by atoms with Gasteiger partial charge in [0, 0.05) is 0 Å². The Hall–Kier alpha value is -1.38. The van der Waals surface area contributed by atoms with Gasteiger partial charge in [-0.1, -0.05) is 6.07 Å². The number of rotatable bonds is 3. The second-order valence-corrected chi connectivity index (χ2v) is 3.05. The minimum Gasteiger partial charge on any atom is -0.491 e. The number of nitrogens with two attached hydrogens (primary N) is 1. The molecule has 0 amide bonds. The van der Waals surface area contributed by atoms with Crippen LogP contribution in [0.25, 0.3) is 0 Å². The quantitative estimate of drug-likeness (QED) is 0.726. The number of para-hydroxylation sites is 1. The highest BCUT2D eigenvalue weighted by molar-refractivity contribution is 5.60. The van der Waals surface area contributed by atoms with E-state index < -0.39 is 0 Å². The molecule has 1 rings (SSSR count). The second-order valence-electron chi connectivity index (χ2n) is 3.05. The van der Waals surface area contributed by atoms with Gasteiger partial charge in [-0.25, -0.2) is 0 Å². The Morgan fingerprint density at radius 1 is 1.31 bits per heavy atom. The van der Waals surface area contributed by atoms with E-state index in [2.05, 4.69) is 0 Å². The SMILES string of the molecule is COc1c(N)cccc1OC(C)C. The maximum atomic E-state index is 5.70. The number of nitrogen functional groups attached to an aromatic ring is 1. The average molecular weight is 181 g/mol. The van der Waals surface area contributed by atoms with Crippen molar-refractivity contribution in [3.63, 3.8) is 0 Å². The summed E-state index contributed by atoms with van der Waals surface area (Å²) in [4.78, 5) is 0. The Bertz CT molecular complexity index is 284. The van der Waals surface area contributed by atoms with Crippen LogP contribution in [0.1, 0.15) is 13.8 Å². The van der Waals surface area contributed by atoms with Gasteiger partial charge in [0.15, 0.2) is 11.5 Å². The van der Waals surface area contributed by atoms with E-state index in [9.17, 15) is 0 Å². The van der Waals surface area contributed by atoms with Crippen molar-refractivity contribution in [2.75, 3.05) is 12.8 Å². The zero-order valence-corrected chi connectivity index (χ0v) is 8.20. The predicted molar refractivity (Wildman–Crippen MR) is 53.2 cm³/mol. The fourth-order valence-electron chi connectivity index (χ4n) is 1.10. The molecule has 2 N–H and O–H groups in total. The minimum atomic E-state index is 0.121. The van der Waals surface area contributed by atoms with Crippen LogP contribution in [0.4, 0.5) is 5.69 Å². The van der Waals surface area contributed by atoms with Crippen LogP contribution >= 0.6 is 0 Å². The lowest BCUT2D eigenvalue weighted by atomic mass is 10.2. The van der Waals surface area contributed by atoms with Gasteiger partial charge in [-0.05, 0) is 26.0 Å². The number of benzene rings is 1. The summed E-state index contributed by atoms with van der Waals surface area (Å²) in [7, 11) is 1.58. The maximum Gasteiger partial charge on any atom is 0.183 e. The number of methoxy groups -OCH3 is 1. The molecule has 0 radical (unpaired) electrons. The van der Waals surface area contributed by atoms with Crippen LogP contribution in [-0.2, 0) is 0 Å². The van der Waals surface area contributed by atoms with E-state index in [1.807, 2.05) is 26.0 Å². The van der Waals surface area contributed by atoms with Gasteiger partial charge in [0.05, 0.1) is 18.9 Å². The number of anilines is 1. The zero-order chi connectivity index (χ0) is 9.84. The van der Waals surface area contributed by atoms with Crippen LogP contribution in [0.2, 0.25) is 0 Å². The Morgan fingerprint density at radius 3 is 2.54 bits per heavy atom. The van der Waals surface area contributed by atoms with Gasteiger partial charge in [0.1, 0.15) is 0 Å². The van der Waals surface area contributed by atoms with Gasteiger partial charge in [0.2, 0.25) is 0 Å². The van der Waals surface area contributed by atoms with Gasteiger partial charge in [0.25, 0.3) is 0 Å². The third-order valence-electron chi connectivity index (χ3n) is 1.58. The van der Waals surface area contributed by atoms with E-state index in [0.717, 1.165) is 0 Å². The van der Waals surface area contributed by atoms with Crippen molar-refractivity contribution in [1.29, 1.82) is 0 Å². The van der Waals surface area contributed by atoms with Gasteiger partial charge in [-0.15, -0.1) is 0 Å². The summed E-state index contributed by atoms with van der Waals surface area (Å²) >= 11 is 0. The smallest absolute Gasteiger partial charge is 0.183 e. The Balaban J connectivity index is 2.98. The van der Waals surface area contributed by atoms with Crippen molar-refractivity contribution in [1.82, 2.24) is 0 Å². The molecule has 0 heterocycles. The third kappa shape index (κ3) is 2.28. The fourth-order valence-corrected chi connectivity index (χ4v) is 1.10. The topological polar surface area (TPSA) is 44.5 Å². The first-order valence-corrected chi connectivity index (χ1v) is 4.24. The van der Waals surface area contributed by atoms with Crippen LogP contribution < -0.4 is 15.2 Å². The standard InChI is InChI=1S/C10H15NO2/c1-7(2)13-9-6-4-5-8(11)10(9)12-3/h4-7H,11H2,1-3H3. The molecule has 1 aromatic rings. The largest absolute Gasteiger partial charge is 0.491 e. The predicted octanol–water partition coefficient (Wildman–Crippen LogP) is 2.06. The highest BCUT2D eigenvalue weighted by Gasteiger charge is 2.08. The summed E-state index contributed by atoms with van der Waals surface area (Å²) < 4.78 is 10.6. The van der Waals surface area contributed by atoms with E-state index in [1.165, 1.54) is 0 Å². The Labute approximate surface area is 78.5 Å². The summed E-state index contributed by atoms with van der Waals surface area (Å²) in [6, 6.07) is 5.47. The molecular formula is C10H15NO2. The first kappa shape index (κ1) is 9.71. The van der Waals surface area contributed by atoms with Crippen LogP contribution in [-0.4, -0.2) is 13.2 Å². The van der Waals surface area contributed by atoms with Crippen molar-refractivity contribution in [3.8, 4) is 11.5 Å². The number of hydrogen-bond acceptors (Lipinski definition) is 3. The summed E-state index contributed by atoms with van der Waals surface area (Å²) in [6.07, 6.45) is 0.121. The Morgan fingerprint density at radius 2 is 2.00 bits per heavy atom. The van der Waals surface area contributed by atoms with Gasteiger partial charge in [-0.2, -0.15) is 0 Å². The van der Waals surface area contributed by atoms with Gasteiger partial charge >= 0.3 is 0 Å². The maximum absolute atomic E-state index is 5.70. The van der Waals surface area contributed by atoms with Crippen molar-refractivity contribution in [2.45, 2.75) is 20.0 Å². The molecular weight excluding hydrogens is 166 g/mol. The molecule has 72 valence electrons. The zero-order valence-electron chi connectivity index (χ0n) is 8.20. The molecule has 0 unspecified atom stereocenters. The lowest BCUT2D eigenvalue weighted by Gasteiger charge is -2.14. The molecule has 3 nitrogen and oxygen atoms in total. The van der Waals surface area contributed by atoms with Crippen molar-refractivity contribution < 1.29 is 9.47 Å². The molecule has 0 saturated heterocycles. The molecule has 13 heavy (non-hydrogen) atoms. The van der Waals surface area contributed by atoms with Crippen LogP contribution in [0, 0.1) is 0 Å². The fraction of sp³-hybridized carbons (Fsp3) is 0.400. The molecule has 1 aromatic carbocycles. The van der Waals surface area contributed by atoms with E-state index in [-0.39, 0.29) is 6.10 Å². The van der Waals surface area contributed by atoms with Gasteiger partial charge < -0.3 is 15.2 Å². The van der Waals surface area contributed by atoms with Crippen molar-refractivity contribution >= 4 is 5.69 Å². The molecule has 0 aromatic heterocycles. The van der Waals surface area contributed by atoms with Crippen LogP contribution in [0.3, 0.4) is 0 Å². The molecule has 0 spiro atoms. The summed E-state index contributed by atoms with van der Waals surface area (Å²) in [6.45, 7) is 3.92. The normalized spacial score (nSPS) is 10.2. The van der Waals surface area contributed by atoms with E-state index in [1.54, 1.807) is 13.2 Å². The molecule has 0 atom stereocenters. The first-order chi connectivity index (χ1) is 6.15. The number of ether oxygens (including phenoxy) is 2. The lowest BCUT2D eigenvalue weighted by Crippen LogP contribution is -2.07. The monoisotopic (exact) mass is 181 g/mol. The molecule has 0 bridgehead atoms. The highest BCUT2D eigenvalue weighted by Crippen LogP contribution is 2.33. The third-order valence-corrected chi connectivity index (χ3v) is 1.58. The van der Waals surface area contributed by atoms with Crippen LogP contribution in [0.15, 0.2) is 18.2 Å². The first-order valence-electron chi connectivity index (χ1n) is 4.24. The summed E-state index contributed by atoms with van der Waals surface area (Å²) in [5.74, 6) is 1.30. The van der Waals surface area contributed by atoms with E-state index in [4.69, 9.17) is 15.2 Å². The molecule has 3 heteroatoms. The van der Waals surface area contributed by atoms with Crippen molar-refractivity contribution in [3.05, 3.63) is 18.2 Å². The van der Waals surface area contributed by atoms with Crippen molar-refractivity contribution in [2.24, 2.45) is 0 Å². The molecule has 0 aliphatic rings. The van der Waals surface area contributed by atoms with Crippen LogP contribution in [0.5, 0.6) is 11.5 Å². The molecule has 0 saturated carbocycles. The second kappa shape index (κ2) is 4.03. The molecule has 0 fully saturated rings. The Kier molecular flexibility index (Phi) is 3.01. The number of hydrogen-bond donors (Lipinski definition) is 1. The summed E-state index contributed by atoms with van der Waals surface area (Å²) in [5, 5.41) is 0. The highest BCUT2D eigenvalue weighted by atomic mass is 16.5. The molecule has 0 aliphatic heterocycles. The van der Waals surface area contributed by atoms with Gasteiger partial charge in [-0.3, -0.25) is 0 Å². The minimum absolute atomic E-state index is 0.121. The van der Waals surface area contributed by atoms with E-state index in [0.29, 0.717) is 17.2 Å². The van der Waals surface area contributed by atoms with E-state index >= 15 is 0 Å². The molecule has 0 aliphatic carbocycles.